The summed E-state index contributed by atoms with van der Waals surface area (Å²) in [4.78, 5) is 31.6. The van der Waals surface area contributed by atoms with Gasteiger partial charge in [0.05, 0.1) is 10.2 Å². The van der Waals surface area contributed by atoms with Crippen molar-refractivity contribution in [2.24, 2.45) is 5.92 Å². The van der Waals surface area contributed by atoms with Crippen LogP contribution in [0.4, 0.5) is 0 Å². The summed E-state index contributed by atoms with van der Waals surface area (Å²) in [5, 5.41) is 7.45. The highest BCUT2D eigenvalue weighted by Crippen LogP contribution is 2.27. The van der Waals surface area contributed by atoms with E-state index >= 15 is 0 Å². The van der Waals surface area contributed by atoms with Gasteiger partial charge in [0.1, 0.15) is 17.1 Å². The number of carbonyl (C=O) groups excluding carboxylic acids is 2. The molecule has 1 aromatic heterocycles. The molecule has 2 aliphatic heterocycles. The molecule has 2 amide bonds. The van der Waals surface area contributed by atoms with Gasteiger partial charge in [-0.15, -0.1) is 11.3 Å². The van der Waals surface area contributed by atoms with Crippen molar-refractivity contribution in [3.63, 3.8) is 0 Å². The Hall–Kier alpha value is -1.99. The van der Waals surface area contributed by atoms with Crippen LogP contribution in [-0.2, 0) is 16.1 Å². The normalized spacial score (nSPS) is 26.8. The van der Waals surface area contributed by atoms with Crippen LogP contribution in [0.3, 0.4) is 0 Å². The molecule has 4 atom stereocenters. The summed E-state index contributed by atoms with van der Waals surface area (Å²) < 4.78 is 1.18. The highest BCUT2D eigenvalue weighted by Gasteiger charge is 2.47. The van der Waals surface area contributed by atoms with Gasteiger partial charge in [0.15, 0.2) is 0 Å². The van der Waals surface area contributed by atoms with Crippen molar-refractivity contribution in [3.05, 3.63) is 29.3 Å². The number of nitrogens with one attached hydrogen (secondary N) is 2. The monoisotopic (exact) mass is 372 g/mol. The fourth-order valence-electron chi connectivity index (χ4n) is 3.81. The summed E-state index contributed by atoms with van der Waals surface area (Å²) in [5.74, 6) is 0.203. The molecule has 6 nitrogen and oxygen atoms in total. The van der Waals surface area contributed by atoms with Crippen molar-refractivity contribution in [1.29, 1.82) is 0 Å². The molecular weight excluding hydrogens is 348 g/mol. The number of carbonyl (C=O) groups is 2. The summed E-state index contributed by atoms with van der Waals surface area (Å²) in [6.07, 6.45) is 1.53. The lowest BCUT2D eigenvalue weighted by molar-refractivity contribution is -0.148. The third kappa shape index (κ3) is 3.10. The molecule has 3 heterocycles. The van der Waals surface area contributed by atoms with Crippen LogP contribution in [0.25, 0.3) is 10.2 Å². The molecule has 26 heavy (non-hydrogen) atoms. The van der Waals surface area contributed by atoms with Gasteiger partial charge in [0.25, 0.3) is 0 Å². The zero-order valence-corrected chi connectivity index (χ0v) is 15.9. The van der Waals surface area contributed by atoms with E-state index in [1.54, 1.807) is 16.2 Å². The summed E-state index contributed by atoms with van der Waals surface area (Å²) >= 11 is 1.68. The number of piperazine rings is 1. The van der Waals surface area contributed by atoms with E-state index in [-0.39, 0.29) is 35.9 Å². The van der Waals surface area contributed by atoms with Gasteiger partial charge in [0.2, 0.25) is 11.8 Å². The first-order valence-corrected chi connectivity index (χ1v) is 10.1. The van der Waals surface area contributed by atoms with E-state index in [2.05, 4.69) is 21.7 Å². The van der Waals surface area contributed by atoms with Crippen LogP contribution in [0.15, 0.2) is 24.3 Å². The molecule has 0 spiro atoms. The first-order chi connectivity index (χ1) is 12.6. The minimum absolute atomic E-state index is 0.0146. The van der Waals surface area contributed by atoms with Crippen LogP contribution >= 0.6 is 11.3 Å². The Morgan fingerprint density at radius 3 is 2.96 bits per heavy atom. The molecule has 2 aliphatic rings. The van der Waals surface area contributed by atoms with E-state index in [9.17, 15) is 9.59 Å². The van der Waals surface area contributed by atoms with E-state index in [0.29, 0.717) is 19.5 Å². The number of para-hydroxylation sites is 1. The fraction of sp³-hybridized carbons (Fsp3) is 0.526. The summed E-state index contributed by atoms with van der Waals surface area (Å²) in [6.45, 7) is 5.31. The minimum atomic E-state index is -0.383. The molecule has 138 valence electrons. The Bertz CT molecular complexity index is 803. The molecule has 0 bridgehead atoms. The van der Waals surface area contributed by atoms with Crippen LogP contribution in [0.2, 0.25) is 0 Å². The SMILES string of the molecule is CC[C@H](C)[C@@H]1NC(=O)[C@@H]2C[C@H](NCc3nc4ccccc4s3)CN2C1=O. The van der Waals surface area contributed by atoms with Crippen molar-refractivity contribution in [2.75, 3.05) is 6.54 Å². The molecule has 2 aromatic rings. The smallest absolute Gasteiger partial charge is 0.246 e. The second-order valence-electron chi connectivity index (χ2n) is 7.27. The predicted octanol–water partition coefficient (Wildman–Crippen LogP) is 1.90. The van der Waals surface area contributed by atoms with Crippen LogP contribution < -0.4 is 10.6 Å². The Kier molecular flexibility index (Phi) is 4.67. The van der Waals surface area contributed by atoms with Crippen molar-refractivity contribution in [2.45, 2.75) is 51.4 Å². The van der Waals surface area contributed by atoms with Crippen molar-refractivity contribution in [1.82, 2.24) is 20.5 Å². The Morgan fingerprint density at radius 2 is 2.19 bits per heavy atom. The fourth-order valence-corrected chi connectivity index (χ4v) is 4.73. The quantitative estimate of drug-likeness (QED) is 0.841. The molecule has 1 aromatic carbocycles. The first-order valence-electron chi connectivity index (χ1n) is 9.25. The maximum absolute atomic E-state index is 12.8. The Balaban J connectivity index is 1.41. The Labute approximate surface area is 157 Å². The Morgan fingerprint density at radius 1 is 1.38 bits per heavy atom. The molecule has 0 aliphatic carbocycles. The van der Waals surface area contributed by atoms with Gasteiger partial charge >= 0.3 is 0 Å². The highest BCUT2D eigenvalue weighted by molar-refractivity contribution is 7.18. The number of hydrogen-bond acceptors (Lipinski definition) is 5. The lowest BCUT2D eigenvalue weighted by Gasteiger charge is -2.36. The number of fused-ring (bicyclic) bond motifs is 2. The molecule has 0 saturated carbocycles. The molecule has 7 heteroatoms. The number of amides is 2. The minimum Gasteiger partial charge on any atom is -0.342 e. The summed E-state index contributed by atoms with van der Waals surface area (Å²) in [5.41, 5.74) is 1.02. The van der Waals surface area contributed by atoms with E-state index in [1.165, 1.54) is 4.70 Å². The maximum Gasteiger partial charge on any atom is 0.246 e. The third-order valence-corrected chi connectivity index (χ3v) is 6.58. The first kappa shape index (κ1) is 17.4. The van der Waals surface area contributed by atoms with E-state index < -0.39 is 0 Å². The molecular formula is C19H24N4O2S. The summed E-state index contributed by atoms with van der Waals surface area (Å²) in [7, 11) is 0. The number of hydrogen-bond donors (Lipinski definition) is 2. The van der Waals surface area contributed by atoms with E-state index in [0.717, 1.165) is 16.9 Å². The lowest BCUT2D eigenvalue weighted by Crippen LogP contribution is -2.62. The standard InChI is InChI=1S/C19H24N4O2S/c1-3-11(2)17-19(25)23-10-12(8-14(23)18(24)22-17)20-9-16-21-13-6-4-5-7-15(13)26-16/h4-7,11-12,14,17,20H,3,8-10H2,1-2H3,(H,22,24)/t11-,12-,14-,17-/m0/s1. The second kappa shape index (κ2) is 6.96. The molecule has 4 rings (SSSR count). The predicted molar refractivity (Wildman–Crippen MR) is 102 cm³/mol. The van der Waals surface area contributed by atoms with Crippen LogP contribution in [0.5, 0.6) is 0 Å². The van der Waals surface area contributed by atoms with Crippen LogP contribution in [0, 0.1) is 5.92 Å². The topological polar surface area (TPSA) is 74.3 Å². The average Bonchev–Trinajstić information content (AvgIpc) is 3.26. The zero-order chi connectivity index (χ0) is 18.3. The average molecular weight is 372 g/mol. The van der Waals surface area contributed by atoms with Crippen LogP contribution in [-0.4, -0.2) is 46.4 Å². The highest BCUT2D eigenvalue weighted by atomic mass is 32.1. The van der Waals surface area contributed by atoms with E-state index in [4.69, 9.17) is 0 Å². The van der Waals surface area contributed by atoms with Gasteiger partial charge in [-0.25, -0.2) is 4.98 Å². The number of nitrogens with zero attached hydrogens (tertiary/aromatic N) is 2. The molecule has 2 fully saturated rings. The largest absolute Gasteiger partial charge is 0.342 e. The lowest BCUT2D eigenvalue weighted by atomic mass is 9.95. The van der Waals surface area contributed by atoms with Gasteiger partial charge in [-0.3, -0.25) is 9.59 Å². The van der Waals surface area contributed by atoms with Gasteiger partial charge in [-0.1, -0.05) is 32.4 Å². The molecule has 0 unspecified atom stereocenters. The van der Waals surface area contributed by atoms with Gasteiger partial charge in [0, 0.05) is 19.1 Å². The third-order valence-electron chi connectivity index (χ3n) is 5.54. The molecule has 2 N–H and O–H groups in total. The van der Waals surface area contributed by atoms with Gasteiger partial charge in [-0.2, -0.15) is 0 Å². The van der Waals surface area contributed by atoms with Gasteiger partial charge < -0.3 is 15.5 Å². The van der Waals surface area contributed by atoms with Crippen LogP contribution in [0.1, 0.15) is 31.7 Å². The number of thiazole rings is 1. The maximum atomic E-state index is 12.8. The van der Waals surface area contributed by atoms with Crippen molar-refractivity contribution in [3.8, 4) is 0 Å². The van der Waals surface area contributed by atoms with Crippen molar-refractivity contribution >= 4 is 33.4 Å². The number of benzene rings is 1. The summed E-state index contributed by atoms with van der Waals surface area (Å²) in [6, 6.07) is 7.50. The second-order valence-corrected chi connectivity index (χ2v) is 8.38. The molecule has 2 saturated heterocycles. The number of rotatable bonds is 5. The number of aromatic nitrogens is 1. The molecule has 0 radical (unpaired) electrons. The van der Waals surface area contributed by atoms with E-state index in [1.807, 2.05) is 32.0 Å². The zero-order valence-electron chi connectivity index (χ0n) is 15.1. The van der Waals surface area contributed by atoms with Gasteiger partial charge in [-0.05, 0) is 24.5 Å². The van der Waals surface area contributed by atoms with Crippen molar-refractivity contribution < 1.29 is 9.59 Å².